The summed E-state index contributed by atoms with van der Waals surface area (Å²) in [4.78, 5) is 16.2. The van der Waals surface area contributed by atoms with Crippen LogP contribution in [0.15, 0.2) is 53.1 Å². The molecule has 0 atom stereocenters. The van der Waals surface area contributed by atoms with Gasteiger partial charge in [0, 0.05) is 17.5 Å². The van der Waals surface area contributed by atoms with Crippen LogP contribution >= 0.6 is 0 Å². The number of aromatic nitrogens is 1. The zero-order valence-corrected chi connectivity index (χ0v) is 15.2. The Labute approximate surface area is 156 Å². The minimum Gasteiger partial charge on any atom is -0.496 e. The second kappa shape index (κ2) is 8.49. The molecule has 3 rings (SSSR count). The van der Waals surface area contributed by atoms with Crippen LogP contribution in [0.4, 0.5) is 4.39 Å². The molecule has 140 valence electrons. The molecule has 5 nitrogen and oxygen atoms in total. The summed E-state index contributed by atoms with van der Waals surface area (Å²) in [5.41, 5.74) is 2.61. The molecular formula is C21H20FNO4. The smallest absolute Gasteiger partial charge is 0.306 e. The number of esters is 1. The molecule has 0 bridgehead atoms. The van der Waals surface area contributed by atoms with Gasteiger partial charge >= 0.3 is 5.97 Å². The van der Waals surface area contributed by atoms with Crippen molar-refractivity contribution in [2.24, 2.45) is 0 Å². The lowest BCUT2D eigenvalue weighted by Crippen LogP contribution is -2.07. The van der Waals surface area contributed by atoms with E-state index in [0.29, 0.717) is 23.8 Å². The largest absolute Gasteiger partial charge is 0.496 e. The number of aryl methyl sites for hydroxylation is 2. The Hall–Kier alpha value is -3.15. The van der Waals surface area contributed by atoms with Gasteiger partial charge in [0.1, 0.15) is 18.2 Å². The predicted molar refractivity (Wildman–Crippen MR) is 97.7 cm³/mol. The summed E-state index contributed by atoms with van der Waals surface area (Å²) < 4.78 is 29.2. The molecule has 0 amide bonds. The summed E-state index contributed by atoms with van der Waals surface area (Å²) in [5.74, 6) is 0.985. The molecular weight excluding hydrogens is 349 g/mol. The van der Waals surface area contributed by atoms with E-state index in [9.17, 15) is 9.18 Å². The molecule has 2 aromatic carbocycles. The second-order valence-corrected chi connectivity index (χ2v) is 6.10. The Bertz CT molecular complexity index is 918. The lowest BCUT2D eigenvalue weighted by atomic mass is 10.1. The van der Waals surface area contributed by atoms with E-state index in [0.717, 1.165) is 16.7 Å². The molecule has 1 heterocycles. The number of carbonyl (C=O) groups excluding carboxylic acids is 1. The van der Waals surface area contributed by atoms with Gasteiger partial charge in [-0.15, -0.1) is 0 Å². The van der Waals surface area contributed by atoms with Gasteiger partial charge in [0.15, 0.2) is 11.7 Å². The van der Waals surface area contributed by atoms with Crippen LogP contribution < -0.4 is 4.74 Å². The van der Waals surface area contributed by atoms with Crippen molar-refractivity contribution in [3.8, 4) is 17.1 Å². The Kier molecular flexibility index (Phi) is 5.86. The van der Waals surface area contributed by atoms with E-state index in [1.807, 2.05) is 25.1 Å². The predicted octanol–water partition coefficient (Wildman–Crippen LogP) is 4.47. The first-order valence-electron chi connectivity index (χ1n) is 8.55. The van der Waals surface area contributed by atoms with Crippen molar-refractivity contribution in [2.45, 2.75) is 26.4 Å². The standard InChI is InChI=1S/C21H20FNO4/c1-14-3-8-18(25-2)16(11-14)13-26-21(24)10-9-20-23-12-19(27-20)15-4-6-17(22)7-5-15/h3-8,11-12H,9-10,13H2,1-2H3. The van der Waals surface area contributed by atoms with Crippen molar-refractivity contribution >= 4 is 5.97 Å². The number of hydrogen-bond donors (Lipinski definition) is 0. The summed E-state index contributed by atoms with van der Waals surface area (Å²) >= 11 is 0. The average molecular weight is 369 g/mol. The third-order valence-corrected chi connectivity index (χ3v) is 4.05. The number of carbonyl (C=O) groups is 1. The Morgan fingerprint density at radius 1 is 1.19 bits per heavy atom. The lowest BCUT2D eigenvalue weighted by molar-refractivity contribution is -0.145. The van der Waals surface area contributed by atoms with Gasteiger partial charge < -0.3 is 13.9 Å². The fourth-order valence-electron chi connectivity index (χ4n) is 2.63. The molecule has 0 spiro atoms. The highest BCUT2D eigenvalue weighted by molar-refractivity contribution is 5.69. The number of benzene rings is 2. The van der Waals surface area contributed by atoms with Gasteiger partial charge in [-0.1, -0.05) is 11.6 Å². The highest BCUT2D eigenvalue weighted by Crippen LogP contribution is 2.22. The van der Waals surface area contributed by atoms with Gasteiger partial charge in [-0.25, -0.2) is 9.37 Å². The summed E-state index contributed by atoms with van der Waals surface area (Å²) in [6.07, 6.45) is 2.04. The van der Waals surface area contributed by atoms with Gasteiger partial charge in [0.2, 0.25) is 0 Å². The highest BCUT2D eigenvalue weighted by Gasteiger charge is 2.11. The SMILES string of the molecule is COc1ccc(C)cc1COC(=O)CCc1ncc(-c2ccc(F)cc2)o1. The topological polar surface area (TPSA) is 61.6 Å². The first-order chi connectivity index (χ1) is 13.0. The lowest BCUT2D eigenvalue weighted by Gasteiger charge is -2.10. The fraction of sp³-hybridized carbons (Fsp3) is 0.238. The molecule has 0 radical (unpaired) electrons. The van der Waals surface area contributed by atoms with E-state index >= 15 is 0 Å². The third kappa shape index (κ3) is 4.94. The van der Waals surface area contributed by atoms with E-state index in [4.69, 9.17) is 13.9 Å². The van der Waals surface area contributed by atoms with Crippen molar-refractivity contribution in [1.29, 1.82) is 0 Å². The van der Waals surface area contributed by atoms with Crippen LogP contribution in [0, 0.1) is 12.7 Å². The molecule has 1 aromatic heterocycles. The molecule has 0 unspecified atom stereocenters. The minimum absolute atomic E-state index is 0.149. The van der Waals surface area contributed by atoms with E-state index in [1.165, 1.54) is 12.1 Å². The number of halogens is 1. The molecule has 0 N–H and O–H groups in total. The number of nitrogens with zero attached hydrogens (tertiary/aromatic N) is 1. The van der Waals surface area contributed by atoms with Crippen molar-refractivity contribution in [3.63, 3.8) is 0 Å². The number of oxazole rings is 1. The summed E-state index contributed by atoms with van der Waals surface area (Å²) in [7, 11) is 1.58. The van der Waals surface area contributed by atoms with Crippen molar-refractivity contribution in [1.82, 2.24) is 4.98 Å². The van der Waals surface area contributed by atoms with E-state index in [1.54, 1.807) is 25.4 Å². The van der Waals surface area contributed by atoms with Gasteiger partial charge in [0.05, 0.1) is 19.7 Å². The molecule has 0 aliphatic carbocycles. The molecule has 0 aliphatic heterocycles. The van der Waals surface area contributed by atoms with Crippen LogP contribution in [0.25, 0.3) is 11.3 Å². The van der Waals surface area contributed by atoms with Crippen LogP contribution in [-0.2, 0) is 22.6 Å². The van der Waals surface area contributed by atoms with Crippen LogP contribution in [-0.4, -0.2) is 18.1 Å². The number of ether oxygens (including phenoxy) is 2. The van der Waals surface area contributed by atoms with Crippen LogP contribution in [0.1, 0.15) is 23.4 Å². The average Bonchev–Trinajstić information content (AvgIpc) is 3.14. The summed E-state index contributed by atoms with van der Waals surface area (Å²) in [5, 5.41) is 0. The number of rotatable bonds is 7. The monoisotopic (exact) mass is 369 g/mol. The van der Waals surface area contributed by atoms with Crippen molar-refractivity contribution < 1.29 is 23.1 Å². The van der Waals surface area contributed by atoms with Gasteiger partial charge in [-0.05, 0) is 43.3 Å². The minimum atomic E-state index is -0.347. The number of hydrogen-bond acceptors (Lipinski definition) is 5. The van der Waals surface area contributed by atoms with Gasteiger partial charge in [-0.2, -0.15) is 0 Å². The van der Waals surface area contributed by atoms with E-state index < -0.39 is 0 Å². The Morgan fingerprint density at radius 2 is 1.96 bits per heavy atom. The third-order valence-electron chi connectivity index (χ3n) is 4.05. The molecule has 0 saturated heterocycles. The van der Waals surface area contributed by atoms with Gasteiger partial charge in [0.25, 0.3) is 0 Å². The first kappa shape index (κ1) is 18.6. The quantitative estimate of drug-likeness (QED) is 0.575. The summed E-state index contributed by atoms with van der Waals surface area (Å²) in [6, 6.07) is 11.7. The Balaban J connectivity index is 1.52. The normalized spacial score (nSPS) is 10.6. The maximum absolute atomic E-state index is 13.0. The zero-order valence-electron chi connectivity index (χ0n) is 15.2. The van der Waals surface area contributed by atoms with Crippen molar-refractivity contribution in [3.05, 3.63) is 71.5 Å². The fourth-order valence-corrected chi connectivity index (χ4v) is 2.63. The van der Waals surface area contributed by atoms with Crippen LogP contribution in [0.2, 0.25) is 0 Å². The zero-order chi connectivity index (χ0) is 19.2. The second-order valence-electron chi connectivity index (χ2n) is 6.10. The summed E-state index contributed by atoms with van der Waals surface area (Å²) in [6.45, 7) is 2.11. The first-order valence-corrected chi connectivity index (χ1v) is 8.55. The maximum Gasteiger partial charge on any atom is 0.306 e. The molecule has 0 saturated carbocycles. The Morgan fingerprint density at radius 3 is 2.70 bits per heavy atom. The van der Waals surface area contributed by atoms with Crippen molar-refractivity contribution in [2.75, 3.05) is 7.11 Å². The number of methoxy groups -OCH3 is 1. The highest BCUT2D eigenvalue weighted by atomic mass is 19.1. The van der Waals surface area contributed by atoms with Crippen LogP contribution in [0.3, 0.4) is 0 Å². The molecule has 6 heteroatoms. The molecule has 0 fully saturated rings. The van der Waals surface area contributed by atoms with E-state index in [2.05, 4.69) is 4.98 Å². The molecule has 27 heavy (non-hydrogen) atoms. The van der Waals surface area contributed by atoms with Gasteiger partial charge in [-0.3, -0.25) is 4.79 Å². The molecule has 0 aliphatic rings. The maximum atomic E-state index is 13.0. The van der Waals surface area contributed by atoms with E-state index in [-0.39, 0.29) is 24.8 Å². The van der Waals surface area contributed by atoms with Crippen LogP contribution in [0.5, 0.6) is 5.75 Å². The molecule has 3 aromatic rings.